The molecule has 0 unspecified atom stereocenters. The topological polar surface area (TPSA) is 29.1 Å². The molecule has 0 bridgehead atoms. The molecule has 2 nitrogen and oxygen atoms in total. The Kier molecular flexibility index (Phi) is 3.45. The van der Waals surface area contributed by atoms with Crippen LogP contribution >= 0.6 is 22.9 Å². The van der Waals surface area contributed by atoms with Crippen molar-refractivity contribution in [3.05, 3.63) is 50.9 Å². The molecular weight excluding hydrogens is 261 g/mol. The average Bonchev–Trinajstić information content (AvgIpc) is 2.63. The van der Waals surface area contributed by atoms with Gasteiger partial charge in [0.1, 0.15) is 5.82 Å². The van der Waals surface area contributed by atoms with Gasteiger partial charge in [0.25, 0.3) is 5.91 Å². The highest BCUT2D eigenvalue weighted by atomic mass is 35.5. The van der Waals surface area contributed by atoms with E-state index in [0.29, 0.717) is 9.21 Å². The minimum atomic E-state index is -0.458. The van der Waals surface area contributed by atoms with E-state index in [0.717, 1.165) is 5.56 Å². The molecule has 0 saturated carbocycles. The maximum atomic E-state index is 13.3. The Labute approximate surface area is 107 Å². The van der Waals surface area contributed by atoms with Gasteiger partial charge in [0, 0.05) is 0 Å². The van der Waals surface area contributed by atoms with Crippen LogP contribution in [0.25, 0.3) is 0 Å². The third-order valence-corrected chi connectivity index (χ3v) is 3.76. The smallest absolute Gasteiger partial charge is 0.265 e. The van der Waals surface area contributed by atoms with Gasteiger partial charge >= 0.3 is 0 Å². The van der Waals surface area contributed by atoms with E-state index in [2.05, 4.69) is 5.32 Å². The summed E-state index contributed by atoms with van der Waals surface area (Å²) in [5, 5.41) is 2.50. The number of halogens is 2. The maximum absolute atomic E-state index is 13.3. The summed E-state index contributed by atoms with van der Waals surface area (Å²) in [7, 11) is 0. The van der Waals surface area contributed by atoms with E-state index in [9.17, 15) is 9.18 Å². The van der Waals surface area contributed by atoms with Crippen LogP contribution in [0.1, 0.15) is 15.2 Å². The second-order valence-corrected chi connectivity index (χ2v) is 5.16. The van der Waals surface area contributed by atoms with Gasteiger partial charge in [0.15, 0.2) is 0 Å². The quantitative estimate of drug-likeness (QED) is 0.874. The van der Waals surface area contributed by atoms with Gasteiger partial charge in [-0.25, -0.2) is 4.39 Å². The second-order valence-electron chi connectivity index (χ2n) is 3.50. The zero-order valence-electron chi connectivity index (χ0n) is 8.96. The summed E-state index contributed by atoms with van der Waals surface area (Å²) in [5.41, 5.74) is 1.01. The molecule has 17 heavy (non-hydrogen) atoms. The van der Waals surface area contributed by atoms with Crippen LogP contribution in [0.5, 0.6) is 0 Å². The van der Waals surface area contributed by atoms with E-state index in [1.54, 1.807) is 18.2 Å². The van der Waals surface area contributed by atoms with Crippen LogP contribution < -0.4 is 5.32 Å². The van der Waals surface area contributed by atoms with Gasteiger partial charge < -0.3 is 5.32 Å². The van der Waals surface area contributed by atoms with Crippen molar-refractivity contribution in [2.24, 2.45) is 0 Å². The largest absolute Gasteiger partial charge is 0.319 e. The molecule has 2 aromatic rings. The Morgan fingerprint density at radius 3 is 2.71 bits per heavy atom. The molecule has 88 valence electrons. The summed E-state index contributed by atoms with van der Waals surface area (Å²) in [4.78, 5) is 12.3. The van der Waals surface area contributed by atoms with E-state index in [1.165, 1.54) is 23.5 Å². The van der Waals surface area contributed by atoms with Crippen molar-refractivity contribution in [3.8, 4) is 0 Å². The first-order valence-corrected chi connectivity index (χ1v) is 6.09. The number of para-hydroxylation sites is 1. The number of rotatable bonds is 2. The fourth-order valence-electron chi connectivity index (χ4n) is 1.32. The van der Waals surface area contributed by atoms with Crippen LogP contribution in [0.4, 0.5) is 10.1 Å². The first kappa shape index (κ1) is 12.1. The Hall–Kier alpha value is -1.39. The Morgan fingerprint density at radius 2 is 2.12 bits per heavy atom. The number of benzene rings is 1. The standard InChI is InChI=1S/C12H9ClFNOS/c1-7-6-10(17-11(7)13)12(16)15-9-5-3-2-4-8(9)14/h2-6H,1H3,(H,15,16). The fraction of sp³-hybridized carbons (Fsp3) is 0.0833. The molecule has 0 saturated heterocycles. The Balaban J connectivity index is 2.20. The molecule has 5 heteroatoms. The number of thiophene rings is 1. The predicted octanol–water partition coefficient (Wildman–Crippen LogP) is 4.10. The molecule has 0 aliphatic rings. The molecule has 1 heterocycles. The molecule has 1 amide bonds. The lowest BCUT2D eigenvalue weighted by Gasteiger charge is -2.03. The van der Waals surface area contributed by atoms with Crippen LogP contribution in [0.15, 0.2) is 30.3 Å². The zero-order chi connectivity index (χ0) is 12.4. The maximum Gasteiger partial charge on any atom is 0.265 e. The predicted molar refractivity (Wildman–Crippen MR) is 68.4 cm³/mol. The summed E-state index contributed by atoms with van der Waals surface area (Å²) in [6, 6.07) is 7.71. The highest BCUT2D eigenvalue weighted by Gasteiger charge is 2.12. The SMILES string of the molecule is Cc1cc(C(=O)Nc2ccccc2F)sc1Cl. The molecule has 0 radical (unpaired) electrons. The van der Waals surface area contributed by atoms with E-state index in [1.807, 2.05) is 6.92 Å². The minimum Gasteiger partial charge on any atom is -0.319 e. The molecule has 1 aromatic heterocycles. The van der Waals surface area contributed by atoms with Crippen molar-refractivity contribution in [2.75, 3.05) is 5.32 Å². The van der Waals surface area contributed by atoms with Gasteiger partial charge in [-0.3, -0.25) is 4.79 Å². The van der Waals surface area contributed by atoms with E-state index >= 15 is 0 Å². The normalized spacial score (nSPS) is 10.3. The average molecular weight is 270 g/mol. The zero-order valence-corrected chi connectivity index (χ0v) is 10.5. The van der Waals surface area contributed by atoms with Gasteiger partial charge in [-0.05, 0) is 30.7 Å². The minimum absolute atomic E-state index is 0.166. The molecule has 0 aliphatic heterocycles. The number of amides is 1. The van der Waals surface area contributed by atoms with Gasteiger partial charge in [-0.2, -0.15) is 0 Å². The molecular formula is C12H9ClFNOS. The molecule has 0 fully saturated rings. The number of nitrogens with one attached hydrogen (secondary N) is 1. The molecule has 0 atom stereocenters. The van der Waals surface area contributed by atoms with Gasteiger partial charge in [-0.1, -0.05) is 23.7 Å². The molecule has 1 N–H and O–H groups in total. The summed E-state index contributed by atoms with van der Waals surface area (Å²) in [6.07, 6.45) is 0. The van der Waals surface area contributed by atoms with Crippen LogP contribution in [0.3, 0.4) is 0 Å². The third-order valence-electron chi connectivity index (χ3n) is 2.20. The van der Waals surface area contributed by atoms with Crippen LogP contribution in [-0.2, 0) is 0 Å². The van der Waals surface area contributed by atoms with Crippen molar-refractivity contribution in [3.63, 3.8) is 0 Å². The van der Waals surface area contributed by atoms with Crippen molar-refractivity contribution in [1.82, 2.24) is 0 Å². The number of aryl methyl sites for hydroxylation is 1. The van der Waals surface area contributed by atoms with Crippen molar-refractivity contribution in [1.29, 1.82) is 0 Å². The number of carbonyl (C=O) groups is 1. The molecule has 1 aromatic carbocycles. The van der Waals surface area contributed by atoms with E-state index in [-0.39, 0.29) is 11.6 Å². The number of carbonyl (C=O) groups excluding carboxylic acids is 1. The van der Waals surface area contributed by atoms with Gasteiger partial charge in [-0.15, -0.1) is 11.3 Å². The Morgan fingerprint density at radius 1 is 1.41 bits per heavy atom. The fourth-order valence-corrected chi connectivity index (χ4v) is 2.41. The monoisotopic (exact) mass is 269 g/mol. The van der Waals surface area contributed by atoms with Gasteiger partial charge in [0.2, 0.25) is 0 Å². The number of hydrogen-bond donors (Lipinski definition) is 1. The van der Waals surface area contributed by atoms with Gasteiger partial charge in [0.05, 0.1) is 14.9 Å². The lowest BCUT2D eigenvalue weighted by atomic mass is 10.3. The molecule has 0 spiro atoms. The first-order chi connectivity index (χ1) is 8.08. The number of hydrogen-bond acceptors (Lipinski definition) is 2. The van der Waals surface area contributed by atoms with Crippen molar-refractivity contribution in [2.45, 2.75) is 6.92 Å². The van der Waals surface area contributed by atoms with Crippen LogP contribution in [0.2, 0.25) is 4.34 Å². The summed E-state index contributed by atoms with van der Waals surface area (Å²) < 4.78 is 13.9. The van der Waals surface area contributed by atoms with Crippen molar-refractivity contribution >= 4 is 34.5 Å². The van der Waals surface area contributed by atoms with Crippen molar-refractivity contribution < 1.29 is 9.18 Å². The van der Waals surface area contributed by atoms with Crippen LogP contribution in [0, 0.1) is 12.7 Å². The summed E-state index contributed by atoms with van der Waals surface area (Å²) in [5.74, 6) is -0.810. The lowest BCUT2D eigenvalue weighted by molar-refractivity contribution is 0.103. The lowest BCUT2D eigenvalue weighted by Crippen LogP contribution is -2.11. The molecule has 2 rings (SSSR count). The summed E-state index contributed by atoms with van der Waals surface area (Å²) >= 11 is 7.05. The second kappa shape index (κ2) is 4.85. The third kappa shape index (κ3) is 2.65. The highest BCUT2D eigenvalue weighted by molar-refractivity contribution is 7.18. The Bertz CT molecular complexity index is 548. The van der Waals surface area contributed by atoms with Crippen LogP contribution in [-0.4, -0.2) is 5.91 Å². The molecule has 0 aliphatic carbocycles. The van der Waals surface area contributed by atoms with E-state index in [4.69, 9.17) is 11.6 Å². The number of anilines is 1. The first-order valence-electron chi connectivity index (χ1n) is 4.90. The van der Waals surface area contributed by atoms with E-state index < -0.39 is 5.82 Å². The summed E-state index contributed by atoms with van der Waals surface area (Å²) in [6.45, 7) is 1.82. The highest BCUT2D eigenvalue weighted by Crippen LogP contribution is 2.27.